The molecule has 1 aliphatic heterocycles. The van der Waals surface area contributed by atoms with E-state index < -0.39 is 5.97 Å². The van der Waals surface area contributed by atoms with E-state index in [0.29, 0.717) is 17.8 Å². The Hall–Kier alpha value is -5.11. The van der Waals surface area contributed by atoms with Gasteiger partial charge in [-0.15, -0.1) is 0 Å². The van der Waals surface area contributed by atoms with Gasteiger partial charge in [0, 0.05) is 17.4 Å². The fourth-order valence-electron chi connectivity index (χ4n) is 5.47. The number of para-hydroxylation sites is 1. The van der Waals surface area contributed by atoms with Crippen LogP contribution in [0.1, 0.15) is 51.4 Å². The highest BCUT2D eigenvalue weighted by Crippen LogP contribution is 2.39. The van der Waals surface area contributed by atoms with Crippen molar-refractivity contribution < 1.29 is 14.3 Å². The molecule has 6 rings (SSSR count). The Bertz CT molecular complexity index is 1740. The number of rotatable bonds is 5. The fraction of sp³-hybridized carbons (Fsp3) is 0.182. The molecule has 0 radical (unpaired) electrons. The van der Waals surface area contributed by atoms with Crippen molar-refractivity contribution in [2.45, 2.75) is 33.4 Å². The van der Waals surface area contributed by atoms with Gasteiger partial charge in [0.1, 0.15) is 5.82 Å². The number of anilines is 1. The van der Waals surface area contributed by atoms with Crippen LogP contribution in [0, 0.1) is 13.8 Å². The number of fused-ring (bicyclic) bond motifs is 3. The third-order valence-electron chi connectivity index (χ3n) is 7.33. The summed E-state index contributed by atoms with van der Waals surface area (Å²) in [6.07, 6.45) is 2.03. The molecule has 2 aromatic heterocycles. The third-order valence-corrected chi connectivity index (χ3v) is 7.33. The lowest BCUT2D eigenvalue weighted by atomic mass is 10.00. The van der Waals surface area contributed by atoms with Gasteiger partial charge in [-0.1, -0.05) is 54.1 Å². The fourth-order valence-corrected chi connectivity index (χ4v) is 5.47. The minimum Gasteiger partial charge on any atom is -0.462 e. The molecule has 2 amide bonds. The molecule has 0 fully saturated rings. The average molecular weight is 546 g/mol. The zero-order valence-corrected chi connectivity index (χ0v) is 23.2. The summed E-state index contributed by atoms with van der Waals surface area (Å²) in [6.45, 7) is 6.40. The minimum absolute atomic E-state index is 0.277. The van der Waals surface area contributed by atoms with E-state index >= 15 is 0 Å². The zero-order valence-electron chi connectivity index (χ0n) is 23.2. The molecule has 1 aliphatic rings. The zero-order chi connectivity index (χ0) is 28.5. The SMILES string of the molecule is CCOC(=O)c1cccc(NC(=O)N2Cc3c(C)nn(-c4ccccc4)c3-n3cccc3[C@H]2c2cccc(C)c2)c1. The van der Waals surface area contributed by atoms with Crippen molar-refractivity contribution in [3.63, 3.8) is 0 Å². The molecule has 0 saturated heterocycles. The number of hydrogen-bond acceptors (Lipinski definition) is 4. The van der Waals surface area contributed by atoms with Crippen LogP contribution >= 0.6 is 0 Å². The molecular formula is C33H31N5O3. The van der Waals surface area contributed by atoms with E-state index in [9.17, 15) is 9.59 Å². The predicted octanol–water partition coefficient (Wildman–Crippen LogP) is 6.59. The van der Waals surface area contributed by atoms with Crippen LogP contribution in [0.4, 0.5) is 10.5 Å². The van der Waals surface area contributed by atoms with Gasteiger partial charge in [0.25, 0.3) is 0 Å². The normalized spacial score (nSPS) is 14.1. The summed E-state index contributed by atoms with van der Waals surface area (Å²) >= 11 is 0. The van der Waals surface area contributed by atoms with Crippen LogP contribution in [0.3, 0.4) is 0 Å². The molecule has 1 atom stereocenters. The first kappa shape index (κ1) is 26.1. The lowest BCUT2D eigenvalue weighted by Crippen LogP contribution is -2.38. The summed E-state index contributed by atoms with van der Waals surface area (Å²) < 4.78 is 9.25. The summed E-state index contributed by atoms with van der Waals surface area (Å²) in [4.78, 5) is 28.4. The van der Waals surface area contributed by atoms with Crippen LogP contribution in [0.25, 0.3) is 11.5 Å². The Balaban J connectivity index is 1.48. The van der Waals surface area contributed by atoms with Gasteiger partial charge in [-0.3, -0.25) is 0 Å². The molecule has 8 heteroatoms. The van der Waals surface area contributed by atoms with Crippen molar-refractivity contribution in [3.8, 4) is 11.5 Å². The number of hydrogen-bond donors (Lipinski definition) is 1. The van der Waals surface area contributed by atoms with Gasteiger partial charge in [-0.05, 0) is 68.8 Å². The van der Waals surface area contributed by atoms with Crippen LogP contribution < -0.4 is 5.32 Å². The quantitative estimate of drug-likeness (QED) is 0.253. The van der Waals surface area contributed by atoms with Crippen LogP contribution in [0.15, 0.2) is 97.2 Å². The molecular weight excluding hydrogens is 514 g/mol. The predicted molar refractivity (Wildman–Crippen MR) is 158 cm³/mol. The van der Waals surface area contributed by atoms with Gasteiger partial charge in [0.2, 0.25) is 0 Å². The van der Waals surface area contributed by atoms with E-state index in [2.05, 4.69) is 41.1 Å². The maximum atomic E-state index is 14.2. The van der Waals surface area contributed by atoms with Crippen LogP contribution in [-0.2, 0) is 11.3 Å². The van der Waals surface area contributed by atoms with Crippen molar-refractivity contribution in [1.82, 2.24) is 19.2 Å². The van der Waals surface area contributed by atoms with Crippen molar-refractivity contribution in [3.05, 3.63) is 131 Å². The van der Waals surface area contributed by atoms with Gasteiger partial charge >= 0.3 is 12.0 Å². The number of nitrogens with zero attached hydrogens (tertiary/aromatic N) is 4. The van der Waals surface area contributed by atoms with E-state index in [4.69, 9.17) is 9.84 Å². The number of aryl methyl sites for hydroxylation is 2. The van der Waals surface area contributed by atoms with Crippen LogP contribution in [-0.4, -0.2) is 37.9 Å². The first-order valence-corrected chi connectivity index (χ1v) is 13.7. The Morgan fingerprint density at radius 1 is 0.951 bits per heavy atom. The minimum atomic E-state index is -0.428. The molecule has 3 aromatic carbocycles. The number of carbonyl (C=O) groups is 2. The van der Waals surface area contributed by atoms with Gasteiger partial charge in [-0.2, -0.15) is 5.10 Å². The molecule has 1 N–H and O–H groups in total. The van der Waals surface area contributed by atoms with Crippen molar-refractivity contribution in [2.75, 3.05) is 11.9 Å². The van der Waals surface area contributed by atoms with Gasteiger partial charge in [-0.25, -0.2) is 14.3 Å². The second-order valence-corrected chi connectivity index (χ2v) is 10.1. The van der Waals surface area contributed by atoms with Gasteiger partial charge in [0.05, 0.1) is 41.8 Å². The number of esters is 1. The summed E-state index contributed by atoms with van der Waals surface area (Å²) in [5, 5.41) is 7.95. The van der Waals surface area contributed by atoms with Crippen molar-refractivity contribution in [1.29, 1.82) is 0 Å². The first-order chi connectivity index (χ1) is 19.9. The third kappa shape index (κ3) is 4.89. The first-order valence-electron chi connectivity index (χ1n) is 13.7. The number of nitrogens with one attached hydrogen (secondary N) is 1. The second-order valence-electron chi connectivity index (χ2n) is 10.1. The molecule has 0 saturated carbocycles. The molecule has 0 spiro atoms. The molecule has 3 heterocycles. The highest BCUT2D eigenvalue weighted by atomic mass is 16.5. The highest BCUT2D eigenvalue weighted by molar-refractivity contribution is 5.94. The molecule has 0 unspecified atom stereocenters. The number of carbonyl (C=O) groups excluding carboxylic acids is 2. The second kappa shape index (κ2) is 10.8. The smallest absolute Gasteiger partial charge is 0.338 e. The van der Waals surface area contributed by atoms with Crippen molar-refractivity contribution in [2.24, 2.45) is 0 Å². The number of amides is 2. The Kier molecular flexibility index (Phi) is 6.89. The van der Waals surface area contributed by atoms with Crippen LogP contribution in [0.2, 0.25) is 0 Å². The summed E-state index contributed by atoms with van der Waals surface area (Å²) in [5.41, 5.74) is 6.69. The molecule has 8 nitrogen and oxygen atoms in total. The number of ether oxygens (including phenoxy) is 1. The molecule has 0 aliphatic carbocycles. The summed E-state index contributed by atoms with van der Waals surface area (Å²) in [7, 11) is 0. The maximum Gasteiger partial charge on any atom is 0.338 e. The van der Waals surface area contributed by atoms with Crippen LogP contribution in [0.5, 0.6) is 0 Å². The molecule has 0 bridgehead atoms. The van der Waals surface area contributed by atoms with Gasteiger partial charge < -0.3 is 19.5 Å². The van der Waals surface area contributed by atoms with E-state index in [1.165, 1.54) is 0 Å². The largest absolute Gasteiger partial charge is 0.462 e. The maximum absolute atomic E-state index is 14.2. The molecule has 41 heavy (non-hydrogen) atoms. The Morgan fingerprint density at radius 2 is 1.76 bits per heavy atom. The van der Waals surface area contributed by atoms with E-state index in [1.54, 1.807) is 31.2 Å². The topological polar surface area (TPSA) is 81.4 Å². The average Bonchev–Trinajstić information content (AvgIpc) is 3.54. The molecule has 206 valence electrons. The number of benzene rings is 3. The lowest BCUT2D eigenvalue weighted by Gasteiger charge is -2.31. The Morgan fingerprint density at radius 3 is 2.54 bits per heavy atom. The Labute approximate surface area is 238 Å². The van der Waals surface area contributed by atoms with Gasteiger partial charge in [0.15, 0.2) is 0 Å². The van der Waals surface area contributed by atoms with E-state index in [1.807, 2.05) is 65.2 Å². The standard InChI is InChI=1S/C33H31N5O3/c1-4-41-32(39)25-13-9-14-26(20-25)34-33(40)37-21-28-23(3)35-38(27-15-6-5-7-16-27)31(28)36-18-10-17-29(36)30(37)24-12-8-11-22(2)19-24/h5-20,30H,4,21H2,1-3H3,(H,34,40)/t30-/m1/s1. The number of urea groups is 1. The lowest BCUT2D eigenvalue weighted by molar-refractivity contribution is 0.0526. The van der Waals surface area contributed by atoms with Crippen molar-refractivity contribution >= 4 is 17.7 Å². The van der Waals surface area contributed by atoms with E-state index in [-0.39, 0.29) is 18.7 Å². The van der Waals surface area contributed by atoms with E-state index in [0.717, 1.165) is 39.6 Å². The summed E-state index contributed by atoms with van der Waals surface area (Å²) in [6, 6.07) is 28.5. The summed E-state index contributed by atoms with van der Waals surface area (Å²) in [5.74, 6) is 0.480. The monoisotopic (exact) mass is 545 g/mol. The molecule has 5 aromatic rings. The highest BCUT2D eigenvalue weighted by Gasteiger charge is 2.36. The number of aromatic nitrogens is 3.